The molecule has 1 amide bonds. The molecule has 1 aliphatic heterocycles. The van der Waals surface area contributed by atoms with Gasteiger partial charge in [0.15, 0.2) is 5.65 Å². The van der Waals surface area contributed by atoms with Crippen molar-refractivity contribution in [2.75, 3.05) is 18.4 Å². The first kappa shape index (κ1) is 18.2. The summed E-state index contributed by atoms with van der Waals surface area (Å²) in [6, 6.07) is 8.58. The molecule has 0 spiro atoms. The van der Waals surface area contributed by atoms with Gasteiger partial charge in [-0.15, -0.1) is 0 Å². The molecule has 4 rings (SSSR count). The number of rotatable bonds is 4. The number of nitrogens with one attached hydrogen (secondary N) is 1. The number of para-hydroxylation sites is 1. The van der Waals surface area contributed by atoms with Crippen molar-refractivity contribution in [3.05, 3.63) is 52.7 Å². The summed E-state index contributed by atoms with van der Waals surface area (Å²) >= 11 is 0. The summed E-state index contributed by atoms with van der Waals surface area (Å²) in [4.78, 5) is 31.3. The van der Waals surface area contributed by atoms with E-state index >= 15 is 0 Å². The molecule has 1 fully saturated rings. The van der Waals surface area contributed by atoms with Gasteiger partial charge in [-0.2, -0.15) is 5.10 Å². The molecule has 1 aliphatic rings. The Kier molecular flexibility index (Phi) is 4.85. The minimum Gasteiger partial charge on any atom is -0.382 e. The predicted octanol–water partition coefficient (Wildman–Crippen LogP) is 1.54. The Bertz CT molecular complexity index is 1060. The molecule has 1 saturated heterocycles. The summed E-state index contributed by atoms with van der Waals surface area (Å²) in [6.07, 6.45) is 4.69. The molecule has 2 aromatic heterocycles. The number of nitrogens with zero attached hydrogens (tertiary/aromatic N) is 5. The molecule has 28 heavy (non-hydrogen) atoms. The van der Waals surface area contributed by atoms with Gasteiger partial charge < -0.3 is 10.2 Å². The quantitative estimate of drug-likeness (QED) is 0.742. The summed E-state index contributed by atoms with van der Waals surface area (Å²) in [5.41, 5.74) is 2.66. The van der Waals surface area contributed by atoms with Crippen molar-refractivity contribution in [3.63, 3.8) is 0 Å². The number of amides is 1. The molecule has 3 aromatic rings. The highest BCUT2D eigenvalue weighted by Gasteiger charge is 2.23. The van der Waals surface area contributed by atoms with Crippen molar-refractivity contribution < 1.29 is 4.79 Å². The minimum atomic E-state index is -0.234. The summed E-state index contributed by atoms with van der Waals surface area (Å²) < 4.78 is 2.92. The van der Waals surface area contributed by atoms with Gasteiger partial charge >= 0.3 is 0 Å². The number of hydrogen-bond donors (Lipinski definition) is 1. The van der Waals surface area contributed by atoms with Crippen molar-refractivity contribution in [1.82, 2.24) is 24.2 Å². The first-order valence-corrected chi connectivity index (χ1v) is 9.50. The normalized spacial score (nSPS) is 15.1. The summed E-state index contributed by atoms with van der Waals surface area (Å²) in [6.45, 7) is 3.46. The molecule has 0 saturated carbocycles. The molecule has 0 atom stereocenters. The van der Waals surface area contributed by atoms with E-state index in [0.29, 0.717) is 30.2 Å². The highest BCUT2D eigenvalue weighted by atomic mass is 16.2. The van der Waals surface area contributed by atoms with Crippen LogP contribution in [0, 0.1) is 6.92 Å². The van der Waals surface area contributed by atoms with Crippen LogP contribution in [0.25, 0.3) is 11.0 Å². The monoisotopic (exact) mass is 380 g/mol. The highest BCUT2D eigenvalue weighted by molar-refractivity contribution is 5.77. The lowest BCUT2D eigenvalue weighted by atomic mass is 10.0. The van der Waals surface area contributed by atoms with Crippen molar-refractivity contribution in [2.24, 2.45) is 7.05 Å². The van der Waals surface area contributed by atoms with Gasteiger partial charge in [-0.3, -0.25) is 18.8 Å². The zero-order chi connectivity index (χ0) is 19.7. The number of fused-ring (bicyclic) bond motifs is 1. The Morgan fingerprint density at radius 1 is 1.25 bits per heavy atom. The smallest absolute Gasteiger partial charge is 0.264 e. The number of likely N-dealkylation sites (tertiary alicyclic amines) is 1. The first-order valence-electron chi connectivity index (χ1n) is 9.50. The van der Waals surface area contributed by atoms with E-state index in [-0.39, 0.29) is 18.0 Å². The van der Waals surface area contributed by atoms with Crippen LogP contribution in [-0.4, -0.2) is 49.3 Å². The van der Waals surface area contributed by atoms with Gasteiger partial charge in [0.25, 0.3) is 5.56 Å². The summed E-state index contributed by atoms with van der Waals surface area (Å²) in [5, 5.41) is 8.06. The molecular weight excluding hydrogens is 356 g/mol. The van der Waals surface area contributed by atoms with Gasteiger partial charge in [0.1, 0.15) is 18.3 Å². The SMILES string of the molecule is Cc1ccccc1NC1CCN(C(=O)Cn2cnc3c(cnn3C)c2=O)CC1. The van der Waals surface area contributed by atoms with Crippen molar-refractivity contribution in [3.8, 4) is 0 Å². The zero-order valence-electron chi connectivity index (χ0n) is 16.1. The Morgan fingerprint density at radius 3 is 2.75 bits per heavy atom. The van der Waals surface area contributed by atoms with Gasteiger partial charge in [0.2, 0.25) is 5.91 Å². The van der Waals surface area contributed by atoms with Crippen LogP contribution in [0.5, 0.6) is 0 Å². The van der Waals surface area contributed by atoms with Crippen LogP contribution in [0.1, 0.15) is 18.4 Å². The number of hydrogen-bond acceptors (Lipinski definition) is 5. The van der Waals surface area contributed by atoms with Gasteiger partial charge in [-0.25, -0.2) is 4.98 Å². The Morgan fingerprint density at radius 2 is 2.00 bits per heavy atom. The van der Waals surface area contributed by atoms with Crippen LogP contribution in [0.3, 0.4) is 0 Å². The summed E-state index contributed by atoms with van der Waals surface area (Å²) in [7, 11) is 1.74. The third-order valence-electron chi connectivity index (χ3n) is 5.38. The van der Waals surface area contributed by atoms with E-state index in [1.165, 1.54) is 22.7 Å². The maximum Gasteiger partial charge on any atom is 0.264 e. The van der Waals surface area contributed by atoms with Crippen LogP contribution in [0.2, 0.25) is 0 Å². The fraction of sp³-hybridized carbons (Fsp3) is 0.400. The Hall–Kier alpha value is -3.16. The minimum absolute atomic E-state index is 0.00650. The molecule has 0 bridgehead atoms. The second kappa shape index (κ2) is 7.46. The van der Waals surface area contributed by atoms with E-state index in [2.05, 4.69) is 34.5 Å². The fourth-order valence-corrected chi connectivity index (χ4v) is 3.65. The van der Waals surface area contributed by atoms with E-state index < -0.39 is 0 Å². The standard InChI is InChI=1S/C20H24N6O2/c1-14-5-3-4-6-17(14)23-15-7-9-25(10-8-15)18(27)12-26-13-21-19-16(20(26)28)11-22-24(19)2/h3-6,11,13,15,23H,7-10,12H2,1-2H3. The first-order chi connectivity index (χ1) is 13.5. The van der Waals surface area contributed by atoms with Crippen LogP contribution in [-0.2, 0) is 18.4 Å². The number of aryl methyl sites for hydroxylation is 2. The number of aromatic nitrogens is 4. The number of anilines is 1. The lowest BCUT2D eigenvalue weighted by Crippen LogP contribution is -2.44. The second-order valence-corrected chi connectivity index (χ2v) is 7.30. The van der Waals surface area contributed by atoms with E-state index in [9.17, 15) is 9.59 Å². The fourth-order valence-electron chi connectivity index (χ4n) is 3.65. The third-order valence-corrected chi connectivity index (χ3v) is 5.38. The molecule has 8 heteroatoms. The average Bonchev–Trinajstić information content (AvgIpc) is 3.08. The van der Waals surface area contributed by atoms with E-state index in [4.69, 9.17) is 0 Å². The average molecular weight is 380 g/mol. The maximum absolute atomic E-state index is 12.7. The Balaban J connectivity index is 1.37. The molecule has 0 radical (unpaired) electrons. The van der Waals surface area contributed by atoms with Crippen LogP contribution >= 0.6 is 0 Å². The molecule has 8 nitrogen and oxygen atoms in total. The maximum atomic E-state index is 12.7. The van der Waals surface area contributed by atoms with Gasteiger partial charge in [-0.1, -0.05) is 18.2 Å². The molecule has 0 unspecified atom stereocenters. The Labute approximate surface area is 162 Å². The number of benzene rings is 1. The second-order valence-electron chi connectivity index (χ2n) is 7.30. The van der Waals surface area contributed by atoms with E-state index in [1.807, 2.05) is 17.0 Å². The van der Waals surface area contributed by atoms with Crippen molar-refractivity contribution in [1.29, 1.82) is 0 Å². The zero-order valence-corrected chi connectivity index (χ0v) is 16.1. The van der Waals surface area contributed by atoms with Crippen LogP contribution in [0.15, 0.2) is 41.6 Å². The van der Waals surface area contributed by atoms with E-state index in [0.717, 1.165) is 18.5 Å². The van der Waals surface area contributed by atoms with Crippen molar-refractivity contribution >= 4 is 22.6 Å². The number of carbonyl (C=O) groups excluding carboxylic acids is 1. The molecule has 3 heterocycles. The van der Waals surface area contributed by atoms with Crippen molar-refractivity contribution in [2.45, 2.75) is 32.4 Å². The van der Waals surface area contributed by atoms with E-state index in [1.54, 1.807) is 11.7 Å². The van der Waals surface area contributed by atoms with Gasteiger partial charge in [-0.05, 0) is 31.4 Å². The number of carbonyl (C=O) groups is 1. The molecule has 146 valence electrons. The molecular formula is C20H24N6O2. The number of piperidine rings is 1. The molecule has 1 N–H and O–H groups in total. The topological polar surface area (TPSA) is 85.1 Å². The largest absolute Gasteiger partial charge is 0.382 e. The lowest BCUT2D eigenvalue weighted by molar-refractivity contribution is -0.132. The summed E-state index contributed by atoms with van der Waals surface area (Å²) in [5.74, 6) is -0.0542. The molecule has 1 aromatic carbocycles. The molecule has 0 aliphatic carbocycles. The lowest BCUT2D eigenvalue weighted by Gasteiger charge is -2.33. The van der Waals surface area contributed by atoms with Gasteiger partial charge in [0.05, 0.1) is 6.20 Å². The third kappa shape index (κ3) is 3.49. The van der Waals surface area contributed by atoms with Crippen LogP contribution in [0.4, 0.5) is 5.69 Å². The van der Waals surface area contributed by atoms with Crippen LogP contribution < -0.4 is 10.9 Å². The predicted molar refractivity (Wildman–Crippen MR) is 107 cm³/mol. The van der Waals surface area contributed by atoms with Gasteiger partial charge in [0, 0.05) is 31.9 Å². The highest BCUT2D eigenvalue weighted by Crippen LogP contribution is 2.19.